The van der Waals surface area contributed by atoms with Crippen molar-refractivity contribution in [2.75, 3.05) is 13.6 Å². The molecule has 0 heterocycles. The minimum Gasteiger partial charge on any atom is -0.426 e. The van der Waals surface area contributed by atoms with Gasteiger partial charge >= 0.3 is 12.3 Å². The van der Waals surface area contributed by atoms with Gasteiger partial charge in [-0.2, -0.15) is 22.0 Å². The molecule has 2 nitrogen and oxygen atoms in total. The normalized spacial score (nSPS) is 12.9. The van der Waals surface area contributed by atoms with Crippen molar-refractivity contribution in [3.63, 3.8) is 0 Å². The van der Waals surface area contributed by atoms with E-state index in [1.165, 1.54) is 12.1 Å². The molecule has 1 aromatic carbocycles. The molecule has 0 atom stereocenters. The lowest BCUT2D eigenvalue weighted by atomic mass is 10.2. The molecule has 0 aliphatic heterocycles. The van der Waals surface area contributed by atoms with Crippen LogP contribution in [0.25, 0.3) is 6.08 Å². The predicted octanol–water partition coefficient (Wildman–Crippen LogP) is 3.84. The average molecular weight is 295 g/mol. The summed E-state index contributed by atoms with van der Waals surface area (Å²) in [7, 11) is 1.81. The van der Waals surface area contributed by atoms with E-state index < -0.39 is 18.0 Å². The van der Waals surface area contributed by atoms with E-state index in [9.17, 15) is 22.0 Å². The fraction of sp³-hybridized carbons (Fsp3) is 0.385. The highest BCUT2D eigenvalue weighted by Gasteiger charge is 2.61. The van der Waals surface area contributed by atoms with Crippen LogP contribution in [0.2, 0.25) is 0 Å². The van der Waals surface area contributed by atoms with Crippen LogP contribution >= 0.6 is 0 Å². The standard InChI is InChI=1S/C13H14F5NO/c1-19-9-3-2-4-10-5-7-11(8-6-10)20-13(17,18)12(14,15)16/h2,4-8,19H,3,9H2,1H3. The second-order valence-corrected chi connectivity index (χ2v) is 3.98. The van der Waals surface area contributed by atoms with E-state index in [1.807, 2.05) is 6.08 Å². The topological polar surface area (TPSA) is 21.3 Å². The maximum Gasteiger partial charge on any atom is 0.499 e. The van der Waals surface area contributed by atoms with E-state index in [0.717, 1.165) is 25.1 Å². The van der Waals surface area contributed by atoms with Crippen molar-refractivity contribution < 1.29 is 26.7 Å². The van der Waals surface area contributed by atoms with Crippen LogP contribution < -0.4 is 10.1 Å². The molecule has 0 aliphatic carbocycles. The molecule has 0 fully saturated rings. The summed E-state index contributed by atoms with van der Waals surface area (Å²) >= 11 is 0. The van der Waals surface area contributed by atoms with Crippen molar-refractivity contribution in [1.82, 2.24) is 5.32 Å². The van der Waals surface area contributed by atoms with E-state index in [-0.39, 0.29) is 0 Å². The smallest absolute Gasteiger partial charge is 0.426 e. The van der Waals surface area contributed by atoms with Gasteiger partial charge < -0.3 is 10.1 Å². The Labute approximate surface area is 113 Å². The molecule has 0 saturated heterocycles. The zero-order valence-corrected chi connectivity index (χ0v) is 10.7. The molecular weight excluding hydrogens is 281 g/mol. The number of hydrogen-bond donors (Lipinski definition) is 1. The molecule has 1 aromatic rings. The third-order valence-corrected chi connectivity index (χ3v) is 2.33. The minimum absolute atomic E-state index is 0.542. The average Bonchev–Trinajstić information content (AvgIpc) is 2.35. The van der Waals surface area contributed by atoms with Gasteiger partial charge in [0.15, 0.2) is 0 Å². The molecule has 0 spiro atoms. The molecule has 20 heavy (non-hydrogen) atoms. The molecule has 0 saturated carbocycles. The van der Waals surface area contributed by atoms with Gasteiger partial charge in [0.05, 0.1) is 0 Å². The molecule has 0 bridgehead atoms. The summed E-state index contributed by atoms with van der Waals surface area (Å²) in [5, 5.41) is 2.94. The summed E-state index contributed by atoms with van der Waals surface area (Å²) in [6, 6.07) is 4.93. The Bertz CT molecular complexity index is 439. The van der Waals surface area contributed by atoms with Crippen molar-refractivity contribution in [3.8, 4) is 5.75 Å². The summed E-state index contributed by atoms with van der Waals surface area (Å²) in [6.45, 7) is 0.787. The maximum absolute atomic E-state index is 12.6. The van der Waals surface area contributed by atoms with Crippen molar-refractivity contribution in [1.29, 1.82) is 0 Å². The molecule has 7 heteroatoms. The predicted molar refractivity (Wildman–Crippen MR) is 65.6 cm³/mol. The molecule has 0 radical (unpaired) electrons. The van der Waals surface area contributed by atoms with Gasteiger partial charge in [-0.15, -0.1) is 0 Å². The first-order valence-corrected chi connectivity index (χ1v) is 5.81. The fourth-order valence-electron chi connectivity index (χ4n) is 1.30. The van der Waals surface area contributed by atoms with Gasteiger partial charge in [0.2, 0.25) is 0 Å². The molecular formula is C13H14F5NO. The highest BCUT2D eigenvalue weighted by molar-refractivity contribution is 5.50. The molecule has 0 aromatic heterocycles. The quantitative estimate of drug-likeness (QED) is 0.636. The lowest BCUT2D eigenvalue weighted by Crippen LogP contribution is -2.41. The molecule has 1 N–H and O–H groups in total. The highest BCUT2D eigenvalue weighted by atomic mass is 19.4. The van der Waals surface area contributed by atoms with E-state index in [2.05, 4.69) is 10.1 Å². The first kappa shape index (κ1) is 16.4. The number of hydrogen-bond acceptors (Lipinski definition) is 2. The van der Waals surface area contributed by atoms with Crippen molar-refractivity contribution >= 4 is 6.08 Å². The zero-order chi connectivity index (χ0) is 15.2. The van der Waals surface area contributed by atoms with Gasteiger partial charge in [0, 0.05) is 0 Å². The first-order chi connectivity index (χ1) is 9.26. The zero-order valence-electron chi connectivity index (χ0n) is 10.7. The van der Waals surface area contributed by atoms with E-state index in [0.29, 0.717) is 5.56 Å². The fourth-order valence-corrected chi connectivity index (χ4v) is 1.30. The summed E-state index contributed by atoms with van der Waals surface area (Å²) in [4.78, 5) is 0. The number of alkyl halides is 5. The molecule has 0 aliphatic rings. The second-order valence-electron chi connectivity index (χ2n) is 3.98. The van der Waals surface area contributed by atoms with Gasteiger partial charge in [0.25, 0.3) is 0 Å². The monoisotopic (exact) mass is 295 g/mol. The Balaban J connectivity index is 2.65. The van der Waals surface area contributed by atoms with Crippen molar-refractivity contribution in [3.05, 3.63) is 35.9 Å². The van der Waals surface area contributed by atoms with Crippen LogP contribution in [0.3, 0.4) is 0 Å². The largest absolute Gasteiger partial charge is 0.499 e. The van der Waals surface area contributed by atoms with E-state index in [1.54, 1.807) is 13.1 Å². The van der Waals surface area contributed by atoms with Crippen LogP contribution in [0.5, 0.6) is 5.75 Å². The first-order valence-electron chi connectivity index (χ1n) is 5.81. The van der Waals surface area contributed by atoms with E-state index >= 15 is 0 Å². The van der Waals surface area contributed by atoms with Gasteiger partial charge in [-0.3, -0.25) is 0 Å². The molecule has 1 rings (SSSR count). The van der Waals surface area contributed by atoms with Crippen LogP contribution in [-0.4, -0.2) is 25.9 Å². The molecule has 0 unspecified atom stereocenters. The summed E-state index contributed by atoms with van der Waals surface area (Å²) < 4.78 is 64.8. The minimum atomic E-state index is -5.74. The Hall–Kier alpha value is -1.63. The van der Waals surface area contributed by atoms with Crippen LogP contribution in [0.15, 0.2) is 30.3 Å². The Kier molecular flexibility index (Phi) is 5.50. The molecule has 112 valence electrons. The van der Waals surface area contributed by atoms with Crippen LogP contribution in [0, 0.1) is 0 Å². The SMILES string of the molecule is CNCCC=Cc1ccc(OC(F)(F)C(F)(F)F)cc1. The van der Waals surface area contributed by atoms with E-state index in [4.69, 9.17) is 0 Å². The van der Waals surface area contributed by atoms with Gasteiger partial charge in [-0.25, -0.2) is 0 Å². The number of nitrogens with one attached hydrogen (secondary N) is 1. The maximum atomic E-state index is 12.6. The van der Waals surface area contributed by atoms with Crippen molar-refractivity contribution in [2.45, 2.75) is 18.7 Å². The van der Waals surface area contributed by atoms with Crippen LogP contribution in [0.4, 0.5) is 22.0 Å². The number of rotatable bonds is 6. The Morgan fingerprint density at radius 1 is 1.10 bits per heavy atom. The lowest BCUT2D eigenvalue weighted by Gasteiger charge is -2.20. The third kappa shape index (κ3) is 4.80. The van der Waals surface area contributed by atoms with Crippen LogP contribution in [-0.2, 0) is 0 Å². The van der Waals surface area contributed by atoms with Gasteiger partial charge in [-0.05, 0) is 37.7 Å². The summed E-state index contributed by atoms with van der Waals surface area (Å²) in [6.07, 6.45) is -6.56. The summed E-state index contributed by atoms with van der Waals surface area (Å²) in [5.74, 6) is -0.542. The third-order valence-electron chi connectivity index (χ3n) is 2.33. The van der Waals surface area contributed by atoms with Crippen LogP contribution in [0.1, 0.15) is 12.0 Å². The lowest BCUT2D eigenvalue weighted by molar-refractivity contribution is -0.360. The Morgan fingerprint density at radius 2 is 1.70 bits per heavy atom. The summed E-state index contributed by atoms with van der Waals surface area (Å²) in [5.41, 5.74) is 0.684. The number of benzene rings is 1. The highest BCUT2D eigenvalue weighted by Crippen LogP contribution is 2.37. The molecule has 0 amide bonds. The number of halogens is 5. The van der Waals surface area contributed by atoms with Gasteiger partial charge in [0.1, 0.15) is 5.75 Å². The number of ether oxygens (including phenoxy) is 1. The Morgan fingerprint density at radius 3 is 2.20 bits per heavy atom. The second kappa shape index (κ2) is 6.69. The van der Waals surface area contributed by atoms with Crippen molar-refractivity contribution in [2.24, 2.45) is 0 Å². The van der Waals surface area contributed by atoms with Gasteiger partial charge in [-0.1, -0.05) is 24.3 Å².